The average molecular weight is 688 g/mol. The molecule has 0 unspecified atom stereocenters. The lowest BCUT2D eigenvalue weighted by Gasteiger charge is -2.28. The Morgan fingerprint density at radius 1 is 0.809 bits per heavy atom. The van der Waals surface area contributed by atoms with Gasteiger partial charge in [-0.15, -0.1) is 0 Å². The molecule has 1 fully saturated rings. The number of carbonyl (C=O) groups excluding carboxylic acids is 1. The summed E-state index contributed by atoms with van der Waals surface area (Å²) in [5.74, 6) is -5.48. The summed E-state index contributed by atoms with van der Waals surface area (Å²) in [6.07, 6.45) is -3.60. The molecule has 0 atom stereocenters. The number of carboxylic acid groups (broad SMARTS) is 2. The molecule has 2 aromatic carbocycles. The number of aromatic nitrogens is 3. The van der Waals surface area contributed by atoms with E-state index in [1.54, 1.807) is 0 Å². The van der Waals surface area contributed by atoms with Gasteiger partial charge < -0.3 is 24.6 Å². The molecule has 1 saturated heterocycles. The van der Waals surface area contributed by atoms with Gasteiger partial charge >= 0.3 is 24.3 Å². The quantitative estimate of drug-likeness (QED) is 0.241. The third kappa shape index (κ3) is 9.04. The van der Waals surface area contributed by atoms with Crippen molar-refractivity contribution in [2.75, 3.05) is 31.1 Å². The molecule has 252 valence electrons. The molecule has 2 aliphatic heterocycles. The molecule has 0 radical (unpaired) electrons. The minimum absolute atomic E-state index is 0.0314. The third-order valence-corrected chi connectivity index (χ3v) is 7.61. The van der Waals surface area contributed by atoms with E-state index < -0.39 is 24.3 Å². The third-order valence-electron chi connectivity index (χ3n) is 7.35. The van der Waals surface area contributed by atoms with Gasteiger partial charge in [-0.25, -0.2) is 9.59 Å². The number of carbonyl (C=O) groups is 3. The average Bonchev–Trinajstić information content (AvgIpc) is 3.76. The summed E-state index contributed by atoms with van der Waals surface area (Å²) in [7, 11) is 0. The van der Waals surface area contributed by atoms with E-state index in [1.807, 2.05) is 47.5 Å². The zero-order chi connectivity index (χ0) is 34.5. The molecule has 0 spiro atoms. The number of benzene rings is 2. The molecule has 10 nitrogen and oxygen atoms in total. The molecule has 2 N–H and O–H groups in total. The van der Waals surface area contributed by atoms with Crippen LogP contribution in [0.5, 0.6) is 0 Å². The Morgan fingerprint density at radius 2 is 1.40 bits per heavy atom. The Balaban J connectivity index is 0.000000301. The number of aliphatic carboxylic acids is 2. The molecule has 0 bridgehead atoms. The van der Waals surface area contributed by atoms with E-state index in [4.69, 9.17) is 31.4 Å². The summed E-state index contributed by atoms with van der Waals surface area (Å²) in [6, 6.07) is 15.9. The normalized spacial score (nSPS) is 15.0. The maximum atomic E-state index is 13.4. The van der Waals surface area contributed by atoms with Crippen LogP contribution in [0, 0.1) is 0 Å². The fraction of sp³-hybridized carbons (Fsp3) is 0.333. The van der Waals surface area contributed by atoms with Crippen molar-refractivity contribution in [1.82, 2.24) is 19.2 Å². The van der Waals surface area contributed by atoms with Crippen LogP contribution < -0.4 is 4.90 Å². The summed E-state index contributed by atoms with van der Waals surface area (Å²) in [6.45, 7) is 5.67. The minimum atomic E-state index is -5.08. The number of carboxylic acids is 2. The first kappa shape index (κ1) is 35.3. The second-order valence-electron chi connectivity index (χ2n) is 10.5. The van der Waals surface area contributed by atoms with Crippen LogP contribution in [0.15, 0.2) is 60.9 Å². The highest BCUT2D eigenvalue weighted by Crippen LogP contribution is 2.30. The SMILES string of the molecule is O=C(O)C(F)(F)F.O=C(O)C(F)(F)F.O=C1c2cc(-c3ccc(Cl)cc3)cn2CCN1c1ccc2cnn(CCN3CCCC3)c2c1. The van der Waals surface area contributed by atoms with Gasteiger partial charge in [0.05, 0.1) is 18.3 Å². The first-order valence-electron chi connectivity index (χ1n) is 14.1. The second kappa shape index (κ2) is 14.5. The molecule has 2 aliphatic rings. The highest BCUT2D eigenvalue weighted by atomic mass is 35.5. The van der Waals surface area contributed by atoms with Crippen molar-refractivity contribution in [1.29, 1.82) is 0 Å². The Kier molecular flexibility index (Phi) is 10.9. The van der Waals surface area contributed by atoms with Gasteiger partial charge in [-0.3, -0.25) is 9.48 Å². The van der Waals surface area contributed by atoms with Crippen LogP contribution in [0.25, 0.3) is 22.0 Å². The monoisotopic (exact) mass is 687 g/mol. The van der Waals surface area contributed by atoms with Gasteiger partial charge in [0.2, 0.25) is 0 Å². The highest BCUT2D eigenvalue weighted by Gasteiger charge is 2.39. The van der Waals surface area contributed by atoms with E-state index in [0.29, 0.717) is 17.3 Å². The van der Waals surface area contributed by atoms with Crippen LogP contribution in [0.1, 0.15) is 23.3 Å². The largest absolute Gasteiger partial charge is 0.490 e. The molecule has 47 heavy (non-hydrogen) atoms. The number of rotatable bonds is 5. The lowest BCUT2D eigenvalue weighted by atomic mass is 10.1. The highest BCUT2D eigenvalue weighted by molar-refractivity contribution is 6.30. The standard InChI is InChI=1S/C26H26ClN5O.2C2HF3O2/c27-22-6-3-19(4-7-22)21-15-25-26(33)31(13-12-30(25)18-21)23-8-5-20-17-28-32(24(20)16-23)14-11-29-9-1-2-10-29;2*3-2(4,5)1(6)7/h3-8,15-18H,1-2,9-14H2;2*(H,6,7). The van der Waals surface area contributed by atoms with E-state index in [2.05, 4.69) is 37.6 Å². The maximum absolute atomic E-state index is 13.4. The van der Waals surface area contributed by atoms with Crippen molar-refractivity contribution in [3.05, 3.63) is 71.6 Å². The maximum Gasteiger partial charge on any atom is 0.490 e. The van der Waals surface area contributed by atoms with E-state index in [-0.39, 0.29) is 5.91 Å². The van der Waals surface area contributed by atoms with E-state index in [9.17, 15) is 31.1 Å². The number of hydrogen-bond acceptors (Lipinski definition) is 5. The van der Waals surface area contributed by atoms with E-state index in [1.165, 1.54) is 25.9 Å². The first-order valence-corrected chi connectivity index (χ1v) is 14.5. The number of fused-ring (bicyclic) bond motifs is 2. The van der Waals surface area contributed by atoms with Gasteiger partial charge in [0.1, 0.15) is 5.69 Å². The molecule has 0 saturated carbocycles. The molecule has 1 amide bonds. The summed E-state index contributed by atoms with van der Waals surface area (Å²) in [5, 5.41) is 20.7. The van der Waals surface area contributed by atoms with Crippen LogP contribution in [0.2, 0.25) is 5.02 Å². The molecule has 6 rings (SSSR count). The molecule has 17 heteroatoms. The van der Waals surface area contributed by atoms with E-state index >= 15 is 0 Å². The van der Waals surface area contributed by atoms with Crippen molar-refractivity contribution in [2.24, 2.45) is 0 Å². The number of likely N-dealkylation sites (tertiary alicyclic amines) is 1. The smallest absolute Gasteiger partial charge is 0.475 e. The molecular formula is C30H28ClF6N5O5. The molecule has 4 aromatic rings. The summed E-state index contributed by atoms with van der Waals surface area (Å²) in [5.41, 5.74) is 4.82. The van der Waals surface area contributed by atoms with Gasteiger partial charge in [-0.2, -0.15) is 31.4 Å². The van der Waals surface area contributed by atoms with Crippen molar-refractivity contribution in [3.63, 3.8) is 0 Å². The Bertz CT molecular complexity index is 1710. The Morgan fingerprint density at radius 3 is 1.98 bits per heavy atom. The Labute approximate surface area is 268 Å². The lowest BCUT2D eigenvalue weighted by molar-refractivity contribution is -0.193. The number of alkyl halides is 6. The fourth-order valence-corrected chi connectivity index (χ4v) is 5.14. The number of halogens is 7. The molecule has 4 heterocycles. The molecule has 2 aromatic heterocycles. The lowest BCUT2D eigenvalue weighted by Crippen LogP contribution is -2.39. The zero-order valence-corrected chi connectivity index (χ0v) is 25.2. The number of anilines is 1. The van der Waals surface area contributed by atoms with Gasteiger partial charge in [-0.05, 0) is 67.9 Å². The Hall–Kier alpha value is -4.57. The summed E-state index contributed by atoms with van der Waals surface area (Å²) >= 11 is 6.03. The summed E-state index contributed by atoms with van der Waals surface area (Å²) < 4.78 is 67.6. The number of nitrogens with zero attached hydrogens (tertiary/aromatic N) is 5. The molecular weight excluding hydrogens is 660 g/mol. The van der Waals surface area contributed by atoms with Gasteiger partial charge in [0, 0.05) is 47.5 Å². The van der Waals surface area contributed by atoms with Crippen LogP contribution in [-0.4, -0.2) is 85.8 Å². The summed E-state index contributed by atoms with van der Waals surface area (Å²) in [4.78, 5) is 35.6. The minimum Gasteiger partial charge on any atom is -0.475 e. The van der Waals surface area contributed by atoms with Crippen LogP contribution in [0.3, 0.4) is 0 Å². The van der Waals surface area contributed by atoms with E-state index in [0.717, 1.165) is 47.4 Å². The van der Waals surface area contributed by atoms with Crippen LogP contribution in [-0.2, 0) is 22.7 Å². The topological polar surface area (TPSA) is 121 Å². The fourth-order valence-electron chi connectivity index (χ4n) is 5.02. The first-order chi connectivity index (χ1) is 22.0. The number of hydrogen-bond donors (Lipinski definition) is 2. The van der Waals surface area contributed by atoms with Gasteiger partial charge in [-0.1, -0.05) is 23.7 Å². The van der Waals surface area contributed by atoms with Gasteiger partial charge in [0.25, 0.3) is 5.91 Å². The predicted octanol–water partition coefficient (Wildman–Crippen LogP) is 6.18. The predicted molar refractivity (Wildman–Crippen MR) is 159 cm³/mol. The van der Waals surface area contributed by atoms with Crippen molar-refractivity contribution >= 4 is 46.0 Å². The zero-order valence-electron chi connectivity index (χ0n) is 24.4. The van der Waals surface area contributed by atoms with Crippen molar-refractivity contribution in [3.8, 4) is 11.1 Å². The second-order valence-corrected chi connectivity index (χ2v) is 11.0. The van der Waals surface area contributed by atoms with Crippen LogP contribution >= 0.6 is 11.6 Å². The van der Waals surface area contributed by atoms with Crippen molar-refractivity contribution in [2.45, 2.75) is 38.3 Å². The van der Waals surface area contributed by atoms with Crippen LogP contribution in [0.4, 0.5) is 32.0 Å². The number of amides is 1. The van der Waals surface area contributed by atoms with Gasteiger partial charge in [0.15, 0.2) is 0 Å². The van der Waals surface area contributed by atoms with Crippen molar-refractivity contribution < 1.29 is 50.9 Å². The molecule has 0 aliphatic carbocycles.